The Hall–Kier alpha value is -1.11. The van der Waals surface area contributed by atoms with Gasteiger partial charge >= 0.3 is 0 Å². The molecule has 22 heavy (non-hydrogen) atoms. The summed E-state index contributed by atoms with van der Waals surface area (Å²) in [5, 5.41) is 0. The number of hydrogen-bond acceptors (Lipinski definition) is 1. The number of aryl methyl sites for hydroxylation is 1. The minimum absolute atomic E-state index is 0.291. The Labute approximate surface area is 136 Å². The second-order valence-corrected chi connectivity index (χ2v) is 6.87. The number of ketones is 1. The highest BCUT2D eigenvalue weighted by Gasteiger charge is 2.26. The molecule has 1 aliphatic carbocycles. The highest BCUT2D eigenvalue weighted by molar-refractivity contribution is 6.00. The predicted octanol–water partition coefficient (Wildman–Crippen LogP) is 6.35. The molecule has 2 rings (SSSR count). The third-order valence-electron chi connectivity index (χ3n) is 5.07. The Morgan fingerprint density at radius 3 is 2.27 bits per heavy atom. The Bertz CT molecular complexity index is 449. The average Bonchev–Trinajstić information content (AvgIpc) is 2.55. The van der Waals surface area contributed by atoms with Gasteiger partial charge in [0.25, 0.3) is 0 Å². The third kappa shape index (κ3) is 5.26. The van der Waals surface area contributed by atoms with Gasteiger partial charge in [-0.2, -0.15) is 0 Å². The molecule has 0 fully saturated rings. The van der Waals surface area contributed by atoms with E-state index in [9.17, 15) is 4.79 Å². The molecule has 0 saturated heterocycles. The molecule has 1 heteroatoms. The van der Waals surface area contributed by atoms with Crippen LogP contribution >= 0.6 is 0 Å². The van der Waals surface area contributed by atoms with Crippen LogP contribution in [0, 0.1) is 5.92 Å². The summed E-state index contributed by atoms with van der Waals surface area (Å²) in [5.74, 6) is 0.695. The van der Waals surface area contributed by atoms with Gasteiger partial charge in [0, 0.05) is 11.5 Å². The van der Waals surface area contributed by atoms with Crippen LogP contribution < -0.4 is 0 Å². The van der Waals surface area contributed by atoms with Gasteiger partial charge in [-0.25, -0.2) is 0 Å². The second kappa shape index (κ2) is 9.82. The fourth-order valence-electron chi connectivity index (χ4n) is 3.64. The first-order valence-electron chi connectivity index (χ1n) is 9.45. The van der Waals surface area contributed by atoms with Crippen molar-refractivity contribution in [2.45, 2.75) is 84.0 Å². The van der Waals surface area contributed by atoms with Crippen molar-refractivity contribution in [3.05, 3.63) is 35.4 Å². The van der Waals surface area contributed by atoms with E-state index in [4.69, 9.17) is 0 Å². The first kappa shape index (κ1) is 17.2. The number of carbonyl (C=O) groups excluding carboxylic acids is 1. The molecule has 1 atom stereocenters. The van der Waals surface area contributed by atoms with Gasteiger partial charge in [-0.3, -0.25) is 4.79 Å². The maximum Gasteiger partial charge on any atom is 0.166 e. The van der Waals surface area contributed by atoms with Crippen LogP contribution in [0.2, 0.25) is 0 Å². The molecule has 0 amide bonds. The number of fused-ring (bicyclic) bond motifs is 1. The minimum Gasteiger partial charge on any atom is -0.294 e. The van der Waals surface area contributed by atoms with Crippen LogP contribution in [0.4, 0.5) is 0 Å². The third-order valence-corrected chi connectivity index (χ3v) is 5.07. The summed E-state index contributed by atoms with van der Waals surface area (Å²) in [6.45, 7) is 2.27. The van der Waals surface area contributed by atoms with Crippen molar-refractivity contribution < 1.29 is 4.79 Å². The van der Waals surface area contributed by atoms with Gasteiger partial charge in [-0.15, -0.1) is 0 Å². The van der Waals surface area contributed by atoms with E-state index in [1.165, 1.54) is 63.4 Å². The summed E-state index contributed by atoms with van der Waals surface area (Å²) in [5.41, 5.74) is 2.26. The van der Waals surface area contributed by atoms with Gasteiger partial charge in [0.05, 0.1) is 0 Å². The molecule has 0 aromatic heterocycles. The molecule has 0 spiro atoms. The molecular weight excluding hydrogens is 268 g/mol. The summed E-state index contributed by atoms with van der Waals surface area (Å²) < 4.78 is 0. The van der Waals surface area contributed by atoms with Crippen molar-refractivity contribution in [3.8, 4) is 0 Å². The first-order valence-corrected chi connectivity index (χ1v) is 9.45. The molecular formula is C21H32O. The molecule has 0 radical (unpaired) electrons. The monoisotopic (exact) mass is 300 g/mol. The molecule has 1 aromatic rings. The number of hydrogen-bond donors (Lipinski definition) is 0. The van der Waals surface area contributed by atoms with Gasteiger partial charge in [0.2, 0.25) is 0 Å². The SMILES string of the molecule is CCCCCCCCCCCC1CCc2ccccc2C1=O. The lowest BCUT2D eigenvalue weighted by Crippen LogP contribution is -2.22. The largest absolute Gasteiger partial charge is 0.294 e. The summed E-state index contributed by atoms with van der Waals surface area (Å²) in [6, 6.07) is 8.17. The van der Waals surface area contributed by atoms with Crippen molar-refractivity contribution in [2.24, 2.45) is 5.92 Å². The molecule has 0 N–H and O–H groups in total. The number of rotatable bonds is 10. The van der Waals surface area contributed by atoms with Crippen molar-refractivity contribution in [1.29, 1.82) is 0 Å². The van der Waals surface area contributed by atoms with Crippen LogP contribution in [0.3, 0.4) is 0 Å². The van der Waals surface area contributed by atoms with Crippen LogP contribution in [0.1, 0.15) is 93.5 Å². The van der Waals surface area contributed by atoms with Crippen LogP contribution in [-0.2, 0) is 6.42 Å². The Kier molecular flexibility index (Phi) is 7.70. The number of Topliss-reactive ketones (excluding diaryl/α,β-unsaturated/α-hetero) is 1. The van der Waals surface area contributed by atoms with Crippen molar-refractivity contribution in [2.75, 3.05) is 0 Å². The van der Waals surface area contributed by atoms with Gasteiger partial charge in [-0.1, -0.05) is 89.0 Å². The summed E-state index contributed by atoms with van der Waals surface area (Å²) >= 11 is 0. The highest BCUT2D eigenvalue weighted by atomic mass is 16.1. The van der Waals surface area contributed by atoms with E-state index in [1.807, 2.05) is 18.2 Å². The van der Waals surface area contributed by atoms with Crippen LogP contribution in [0.25, 0.3) is 0 Å². The number of unbranched alkanes of at least 4 members (excludes halogenated alkanes) is 8. The van der Waals surface area contributed by atoms with Gasteiger partial charge < -0.3 is 0 Å². The predicted molar refractivity (Wildman–Crippen MR) is 94.4 cm³/mol. The fourth-order valence-corrected chi connectivity index (χ4v) is 3.64. The van der Waals surface area contributed by atoms with Crippen molar-refractivity contribution >= 4 is 5.78 Å². The highest BCUT2D eigenvalue weighted by Crippen LogP contribution is 2.29. The summed E-state index contributed by atoms with van der Waals surface area (Å²) in [4.78, 5) is 12.5. The minimum atomic E-state index is 0.291. The van der Waals surface area contributed by atoms with Gasteiger partial charge in [0.15, 0.2) is 5.78 Å². The maximum absolute atomic E-state index is 12.5. The zero-order valence-corrected chi connectivity index (χ0v) is 14.3. The van der Waals surface area contributed by atoms with E-state index in [-0.39, 0.29) is 0 Å². The molecule has 1 nitrogen and oxygen atoms in total. The number of carbonyl (C=O) groups is 1. The first-order chi connectivity index (χ1) is 10.8. The van der Waals surface area contributed by atoms with E-state index in [0.29, 0.717) is 11.7 Å². The summed E-state index contributed by atoms with van der Waals surface area (Å²) in [6.07, 6.45) is 15.5. The van der Waals surface area contributed by atoms with E-state index >= 15 is 0 Å². The molecule has 0 aliphatic heterocycles. The molecule has 1 aromatic carbocycles. The van der Waals surface area contributed by atoms with Crippen LogP contribution in [-0.4, -0.2) is 5.78 Å². The molecule has 0 saturated carbocycles. The van der Waals surface area contributed by atoms with E-state index < -0.39 is 0 Å². The zero-order chi connectivity index (χ0) is 15.6. The van der Waals surface area contributed by atoms with E-state index in [1.54, 1.807) is 0 Å². The Balaban J connectivity index is 1.58. The fraction of sp³-hybridized carbons (Fsp3) is 0.667. The average molecular weight is 300 g/mol. The number of benzene rings is 1. The van der Waals surface area contributed by atoms with Crippen molar-refractivity contribution in [3.63, 3.8) is 0 Å². The lowest BCUT2D eigenvalue weighted by molar-refractivity contribution is 0.0892. The van der Waals surface area contributed by atoms with Crippen LogP contribution in [0.5, 0.6) is 0 Å². The smallest absolute Gasteiger partial charge is 0.166 e. The van der Waals surface area contributed by atoms with Crippen molar-refractivity contribution in [1.82, 2.24) is 0 Å². The molecule has 122 valence electrons. The lowest BCUT2D eigenvalue weighted by Gasteiger charge is -2.23. The van der Waals surface area contributed by atoms with Crippen LogP contribution in [0.15, 0.2) is 24.3 Å². The maximum atomic E-state index is 12.5. The summed E-state index contributed by atoms with van der Waals surface area (Å²) in [7, 11) is 0. The molecule has 0 bridgehead atoms. The lowest BCUT2D eigenvalue weighted by atomic mass is 9.80. The normalized spacial score (nSPS) is 17.5. The quantitative estimate of drug-likeness (QED) is 0.460. The Morgan fingerprint density at radius 2 is 1.55 bits per heavy atom. The second-order valence-electron chi connectivity index (χ2n) is 6.87. The molecule has 1 aliphatic rings. The topological polar surface area (TPSA) is 17.1 Å². The Morgan fingerprint density at radius 1 is 0.909 bits per heavy atom. The van der Waals surface area contributed by atoms with Gasteiger partial charge in [-0.05, 0) is 24.8 Å². The van der Waals surface area contributed by atoms with E-state index in [2.05, 4.69) is 13.0 Å². The standard InChI is InChI=1S/C21H32O/c1-2-3-4-5-6-7-8-9-10-14-19-17-16-18-13-11-12-15-20(18)21(19)22/h11-13,15,19H,2-10,14,16-17H2,1H3. The van der Waals surface area contributed by atoms with E-state index in [0.717, 1.165) is 24.8 Å². The molecule has 1 unspecified atom stereocenters. The van der Waals surface area contributed by atoms with Gasteiger partial charge in [0.1, 0.15) is 0 Å². The zero-order valence-electron chi connectivity index (χ0n) is 14.3. The molecule has 0 heterocycles.